The zero-order valence-corrected chi connectivity index (χ0v) is 17.7. The molecular weight excluding hydrogens is 350 g/mol. The van der Waals surface area contributed by atoms with E-state index >= 15 is 0 Å². The van der Waals surface area contributed by atoms with Gasteiger partial charge in [-0.15, -0.1) is 0 Å². The summed E-state index contributed by atoms with van der Waals surface area (Å²) < 4.78 is 0. The van der Waals surface area contributed by atoms with Crippen LogP contribution in [0.4, 0.5) is 11.8 Å². The predicted octanol–water partition coefficient (Wildman–Crippen LogP) is 4.52. The van der Waals surface area contributed by atoms with E-state index in [1.165, 1.54) is 0 Å². The molecule has 0 aliphatic carbocycles. The maximum atomic E-state index is 12.5. The minimum absolute atomic E-state index is 0.0332. The molecule has 1 heterocycles. The number of rotatable bonds is 11. The number of aromatic nitrogens is 2. The molecule has 6 nitrogen and oxygen atoms in total. The average molecular weight is 386 g/mol. The quantitative estimate of drug-likeness (QED) is 0.529. The molecular formula is C22H35N5O. The largest absolute Gasteiger partial charge is 0.368 e. The monoisotopic (exact) mass is 385 g/mol. The molecule has 1 unspecified atom stereocenters. The number of nitrogen functional groups attached to an aromatic ring is 1. The number of nitrogens with one attached hydrogen (secondary N) is 2. The fraction of sp³-hybridized carbons (Fsp3) is 0.591. The first-order valence-electron chi connectivity index (χ1n) is 10.5. The van der Waals surface area contributed by atoms with Crippen molar-refractivity contribution < 1.29 is 4.79 Å². The number of fused-ring (bicyclic) bond motifs is 1. The molecule has 0 bridgehead atoms. The third-order valence-electron chi connectivity index (χ3n) is 5.21. The molecule has 0 aliphatic heterocycles. The van der Waals surface area contributed by atoms with Gasteiger partial charge in [-0.1, -0.05) is 58.6 Å². The number of para-hydroxylation sites is 1. The Hall–Kier alpha value is -2.37. The molecule has 0 saturated carbocycles. The number of hydrogen-bond acceptors (Lipinski definition) is 5. The van der Waals surface area contributed by atoms with Gasteiger partial charge >= 0.3 is 0 Å². The Kier molecular flexibility index (Phi) is 8.03. The highest BCUT2D eigenvalue weighted by Gasteiger charge is 2.27. The third kappa shape index (κ3) is 6.08. The van der Waals surface area contributed by atoms with E-state index in [2.05, 4.69) is 41.4 Å². The van der Waals surface area contributed by atoms with Crippen LogP contribution in [-0.4, -0.2) is 28.0 Å². The van der Waals surface area contributed by atoms with Crippen LogP contribution >= 0.6 is 0 Å². The molecule has 4 N–H and O–H groups in total. The van der Waals surface area contributed by atoms with E-state index in [0.717, 1.165) is 55.2 Å². The number of hydrogen-bond donors (Lipinski definition) is 3. The second-order valence-electron chi connectivity index (χ2n) is 8.00. The third-order valence-corrected chi connectivity index (χ3v) is 5.21. The number of nitrogens with two attached hydrogens (primary N) is 1. The molecule has 28 heavy (non-hydrogen) atoms. The molecule has 0 saturated heterocycles. The first kappa shape index (κ1) is 21.9. The number of anilines is 2. The van der Waals surface area contributed by atoms with Crippen LogP contribution in [0.25, 0.3) is 10.9 Å². The number of carbonyl (C=O) groups is 1. The number of nitrogens with zero attached hydrogens (tertiary/aromatic N) is 2. The Bertz CT molecular complexity index is 779. The summed E-state index contributed by atoms with van der Waals surface area (Å²) in [5.41, 5.74) is 6.41. The Balaban J connectivity index is 2.17. The number of benzene rings is 1. The summed E-state index contributed by atoms with van der Waals surface area (Å²) in [6, 6.07) is 7.82. The maximum Gasteiger partial charge on any atom is 0.222 e. The summed E-state index contributed by atoms with van der Waals surface area (Å²) in [6.07, 6.45) is 6.18. The van der Waals surface area contributed by atoms with Crippen molar-refractivity contribution in [1.29, 1.82) is 0 Å². The Morgan fingerprint density at radius 1 is 1.18 bits per heavy atom. The molecule has 1 aromatic heterocycles. The van der Waals surface area contributed by atoms with Gasteiger partial charge in [0.05, 0.1) is 11.1 Å². The van der Waals surface area contributed by atoms with E-state index < -0.39 is 0 Å². The molecule has 6 heteroatoms. The van der Waals surface area contributed by atoms with E-state index in [-0.39, 0.29) is 23.3 Å². The van der Waals surface area contributed by atoms with E-state index in [9.17, 15) is 4.79 Å². The fourth-order valence-electron chi connectivity index (χ4n) is 3.34. The first-order valence-corrected chi connectivity index (χ1v) is 10.5. The molecule has 0 radical (unpaired) electrons. The zero-order chi connectivity index (χ0) is 20.6. The van der Waals surface area contributed by atoms with Gasteiger partial charge in [-0.2, -0.15) is 4.98 Å². The number of carbonyl (C=O) groups excluding carboxylic acids is 1. The SMILES string of the molecule is CCCC[C@H](C)C(=O)NCC(C)(CCCC)Nc1nc(N)nc2ccccc12. The van der Waals surface area contributed by atoms with Crippen LogP contribution in [0.15, 0.2) is 24.3 Å². The van der Waals surface area contributed by atoms with Gasteiger partial charge in [0.2, 0.25) is 11.9 Å². The normalized spacial score (nSPS) is 14.4. The lowest BCUT2D eigenvalue weighted by atomic mass is 9.93. The smallest absolute Gasteiger partial charge is 0.222 e. The summed E-state index contributed by atoms with van der Waals surface area (Å²) >= 11 is 0. The summed E-state index contributed by atoms with van der Waals surface area (Å²) in [4.78, 5) is 21.3. The van der Waals surface area contributed by atoms with E-state index in [1.807, 2.05) is 31.2 Å². The molecule has 0 spiro atoms. The highest BCUT2D eigenvalue weighted by atomic mass is 16.1. The number of amides is 1. The first-order chi connectivity index (χ1) is 13.4. The molecule has 2 atom stereocenters. The van der Waals surface area contributed by atoms with E-state index in [4.69, 9.17) is 5.73 Å². The van der Waals surface area contributed by atoms with Gasteiger partial charge in [0.25, 0.3) is 0 Å². The highest BCUT2D eigenvalue weighted by Crippen LogP contribution is 2.26. The molecule has 1 amide bonds. The van der Waals surface area contributed by atoms with Crippen LogP contribution in [0.2, 0.25) is 0 Å². The Morgan fingerprint density at radius 3 is 2.61 bits per heavy atom. The maximum absolute atomic E-state index is 12.5. The summed E-state index contributed by atoms with van der Waals surface area (Å²) in [6.45, 7) is 8.99. The van der Waals surface area contributed by atoms with Gasteiger partial charge in [0.15, 0.2) is 0 Å². The van der Waals surface area contributed by atoms with Gasteiger partial charge < -0.3 is 16.4 Å². The van der Waals surface area contributed by atoms with Crippen LogP contribution in [0.3, 0.4) is 0 Å². The van der Waals surface area contributed by atoms with Crippen molar-refractivity contribution in [2.24, 2.45) is 5.92 Å². The van der Waals surface area contributed by atoms with Crippen molar-refractivity contribution in [3.8, 4) is 0 Å². The van der Waals surface area contributed by atoms with Gasteiger partial charge in [0, 0.05) is 17.8 Å². The van der Waals surface area contributed by atoms with Crippen molar-refractivity contribution in [2.75, 3.05) is 17.6 Å². The van der Waals surface area contributed by atoms with Gasteiger partial charge in [0.1, 0.15) is 5.82 Å². The molecule has 0 aliphatic rings. The van der Waals surface area contributed by atoms with Crippen molar-refractivity contribution >= 4 is 28.6 Å². The zero-order valence-electron chi connectivity index (χ0n) is 17.7. The topological polar surface area (TPSA) is 92.9 Å². The number of unbranched alkanes of at least 4 members (excludes halogenated alkanes) is 2. The van der Waals surface area contributed by atoms with Crippen molar-refractivity contribution in [2.45, 2.75) is 71.8 Å². The lowest BCUT2D eigenvalue weighted by molar-refractivity contribution is -0.124. The van der Waals surface area contributed by atoms with Gasteiger partial charge in [-0.3, -0.25) is 4.79 Å². The summed E-state index contributed by atoms with van der Waals surface area (Å²) in [5.74, 6) is 1.11. The Morgan fingerprint density at radius 2 is 1.89 bits per heavy atom. The van der Waals surface area contributed by atoms with Crippen LogP contribution in [0, 0.1) is 5.92 Å². The standard InChI is InChI=1S/C22H35N5O/c1-5-7-11-16(3)20(28)24-15-22(4,14-8-6-2)27-19-17-12-9-10-13-18(17)25-21(23)26-19/h9-10,12-13,16H,5-8,11,14-15H2,1-4H3,(H,24,28)(H3,23,25,26,27)/t16-,22?/m0/s1. The predicted molar refractivity (Wildman–Crippen MR) is 117 cm³/mol. The molecule has 154 valence electrons. The fourth-order valence-corrected chi connectivity index (χ4v) is 3.34. The molecule has 2 aromatic rings. The van der Waals surface area contributed by atoms with Gasteiger partial charge in [-0.25, -0.2) is 4.98 Å². The lowest BCUT2D eigenvalue weighted by Crippen LogP contribution is -2.47. The average Bonchev–Trinajstić information content (AvgIpc) is 2.68. The second kappa shape index (κ2) is 10.2. The lowest BCUT2D eigenvalue weighted by Gasteiger charge is -2.32. The van der Waals surface area contributed by atoms with Crippen molar-refractivity contribution in [1.82, 2.24) is 15.3 Å². The summed E-state index contributed by atoms with van der Waals surface area (Å²) in [5, 5.41) is 7.65. The molecule has 1 aromatic carbocycles. The molecule has 2 rings (SSSR count). The highest BCUT2D eigenvalue weighted by molar-refractivity contribution is 5.90. The Labute approximate surface area is 168 Å². The minimum atomic E-state index is -0.320. The summed E-state index contributed by atoms with van der Waals surface area (Å²) in [7, 11) is 0. The van der Waals surface area contributed by atoms with Crippen LogP contribution in [-0.2, 0) is 4.79 Å². The van der Waals surface area contributed by atoms with E-state index in [1.54, 1.807) is 0 Å². The van der Waals surface area contributed by atoms with E-state index in [0.29, 0.717) is 6.54 Å². The van der Waals surface area contributed by atoms with Crippen molar-refractivity contribution in [3.05, 3.63) is 24.3 Å². The minimum Gasteiger partial charge on any atom is -0.368 e. The van der Waals surface area contributed by atoms with Crippen LogP contribution in [0.1, 0.15) is 66.2 Å². The van der Waals surface area contributed by atoms with Crippen LogP contribution in [0.5, 0.6) is 0 Å². The second-order valence-corrected chi connectivity index (χ2v) is 8.00. The van der Waals surface area contributed by atoms with Crippen molar-refractivity contribution in [3.63, 3.8) is 0 Å². The van der Waals surface area contributed by atoms with Crippen LogP contribution < -0.4 is 16.4 Å². The molecule has 0 fully saturated rings. The van der Waals surface area contributed by atoms with Gasteiger partial charge in [-0.05, 0) is 31.9 Å².